The molecule has 1 fully saturated rings. The quantitative estimate of drug-likeness (QED) is 0.575. The van der Waals surface area contributed by atoms with Crippen molar-refractivity contribution in [3.63, 3.8) is 0 Å². The number of aromatic nitrogens is 1. The van der Waals surface area contributed by atoms with Crippen molar-refractivity contribution < 1.29 is 17.6 Å². The SMILES string of the molecule is CC1(C)CCCN(c2c(F)c(F)nc(F)c2F)CC1. The highest BCUT2D eigenvalue weighted by atomic mass is 19.2. The minimum Gasteiger partial charge on any atom is -0.366 e. The first-order valence-electron chi connectivity index (χ1n) is 6.27. The molecule has 0 spiro atoms. The van der Waals surface area contributed by atoms with Crippen LogP contribution < -0.4 is 4.90 Å². The first kappa shape index (κ1) is 14.1. The lowest BCUT2D eigenvalue weighted by molar-refractivity contribution is 0.324. The maximum Gasteiger partial charge on any atom is 0.253 e. The van der Waals surface area contributed by atoms with E-state index < -0.39 is 29.2 Å². The third kappa shape index (κ3) is 2.82. The Hall–Kier alpha value is -1.33. The summed E-state index contributed by atoms with van der Waals surface area (Å²) in [4.78, 5) is 3.94. The van der Waals surface area contributed by atoms with Gasteiger partial charge in [0.15, 0.2) is 0 Å². The molecule has 0 atom stereocenters. The minimum absolute atomic E-state index is 0.0613. The fourth-order valence-electron chi connectivity index (χ4n) is 2.40. The van der Waals surface area contributed by atoms with Gasteiger partial charge in [-0.25, -0.2) is 0 Å². The Labute approximate surface area is 109 Å². The molecule has 0 radical (unpaired) electrons. The van der Waals surface area contributed by atoms with Crippen LogP contribution in [0.2, 0.25) is 0 Å². The standard InChI is InChI=1S/C13H16F4N2/c1-13(2)4-3-6-19(7-5-13)10-8(14)11(16)18-12(17)9(10)15/h3-7H2,1-2H3. The summed E-state index contributed by atoms with van der Waals surface area (Å²) in [6, 6.07) is 0. The van der Waals surface area contributed by atoms with Crippen LogP contribution in [0.3, 0.4) is 0 Å². The molecule has 0 saturated carbocycles. The second-order valence-corrected chi connectivity index (χ2v) is 5.67. The predicted octanol–water partition coefficient (Wildman–Crippen LogP) is 3.65. The van der Waals surface area contributed by atoms with E-state index in [-0.39, 0.29) is 5.41 Å². The normalized spacial score (nSPS) is 19.4. The molecule has 0 aliphatic carbocycles. The Morgan fingerprint density at radius 3 is 2.11 bits per heavy atom. The van der Waals surface area contributed by atoms with Gasteiger partial charge in [-0.15, -0.1) is 0 Å². The van der Waals surface area contributed by atoms with Crippen molar-refractivity contribution in [2.24, 2.45) is 5.41 Å². The maximum atomic E-state index is 13.7. The summed E-state index contributed by atoms with van der Waals surface area (Å²) in [5, 5.41) is 0. The zero-order valence-electron chi connectivity index (χ0n) is 10.9. The van der Waals surface area contributed by atoms with E-state index in [1.807, 2.05) is 0 Å². The zero-order chi connectivity index (χ0) is 14.2. The van der Waals surface area contributed by atoms with Crippen LogP contribution in [0.15, 0.2) is 0 Å². The van der Waals surface area contributed by atoms with Gasteiger partial charge in [-0.2, -0.15) is 22.5 Å². The van der Waals surface area contributed by atoms with Crippen molar-refractivity contribution in [3.8, 4) is 0 Å². The van der Waals surface area contributed by atoms with Crippen LogP contribution in [0.1, 0.15) is 33.1 Å². The smallest absolute Gasteiger partial charge is 0.253 e. The summed E-state index contributed by atoms with van der Waals surface area (Å²) in [6.07, 6.45) is 2.33. The van der Waals surface area contributed by atoms with Gasteiger partial charge in [0.2, 0.25) is 11.6 Å². The van der Waals surface area contributed by atoms with Crippen LogP contribution >= 0.6 is 0 Å². The second-order valence-electron chi connectivity index (χ2n) is 5.67. The Balaban J connectivity index is 2.37. The number of rotatable bonds is 1. The molecule has 0 N–H and O–H groups in total. The van der Waals surface area contributed by atoms with Crippen LogP contribution in [0.25, 0.3) is 0 Å². The molecule has 6 heteroatoms. The largest absolute Gasteiger partial charge is 0.366 e. The number of hydrogen-bond donors (Lipinski definition) is 0. The summed E-state index contributed by atoms with van der Waals surface area (Å²) in [6.45, 7) is 4.87. The van der Waals surface area contributed by atoms with Gasteiger partial charge < -0.3 is 4.90 Å². The molecular formula is C13H16F4N2. The van der Waals surface area contributed by atoms with Gasteiger partial charge in [0.25, 0.3) is 11.9 Å². The van der Waals surface area contributed by atoms with Crippen LogP contribution in [0.4, 0.5) is 23.2 Å². The summed E-state index contributed by atoms with van der Waals surface area (Å²) >= 11 is 0. The first-order valence-corrected chi connectivity index (χ1v) is 6.27. The molecule has 0 bridgehead atoms. The molecule has 2 rings (SSSR count). The fraction of sp³-hybridized carbons (Fsp3) is 0.615. The van der Waals surface area contributed by atoms with Gasteiger partial charge >= 0.3 is 0 Å². The lowest BCUT2D eigenvalue weighted by Crippen LogP contribution is -2.28. The molecule has 0 aromatic carbocycles. The average molecular weight is 276 g/mol. The van der Waals surface area contributed by atoms with Gasteiger partial charge in [0, 0.05) is 13.1 Å². The van der Waals surface area contributed by atoms with E-state index in [1.54, 1.807) is 0 Å². The van der Waals surface area contributed by atoms with E-state index in [0.29, 0.717) is 19.5 Å². The Morgan fingerprint density at radius 2 is 1.53 bits per heavy atom. The molecule has 0 unspecified atom stereocenters. The number of pyridine rings is 1. The lowest BCUT2D eigenvalue weighted by Gasteiger charge is -2.25. The molecule has 106 valence electrons. The molecular weight excluding hydrogens is 260 g/mol. The van der Waals surface area contributed by atoms with E-state index in [9.17, 15) is 17.6 Å². The van der Waals surface area contributed by atoms with Crippen LogP contribution in [0, 0.1) is 28.9 Å². The fourth-order valence-corrected chi connectivity index (χ4v) is 2.40. The molecule has 1 aliphatic rings. The van der Waals surface area contributed by atoms with Crippen LogP contribution in [-0.4, -0.2) is 18.1 Å². The van der Waals surface area contributed by atoms with Crippen LogP contribution in [0.5, 0.6) is 0 Å². The Morgan fingerprint density at radius 1 is 0.947 bits per heavy atom. The van der Waals surface area contributed by atoms with E-state index in [0.717, 1.165) is 12.8 Å². The average Bonchev–Trinajstić information content (AvgIpc) is 2.49. The molecule has 1 aromatic rings. The van der Waals surface area contributed by atoms with Crippen LogP contribution in [-0.2, 0) is 0 Å². The van der Waals surface area contributed by atoms with Crippen molar-refractivity contribution in [2.75, 3.05) is 18.0 Å². The topological polar surface area (TPSA) is 16.1 Å². The summed E-state index contributed by atoms with van der Waals surface area (Å²) < 4.78 is 53.6. The highest BCUT2D eigenvalue weighted by molar-refractivity contribution is 5.48. The van der Waals surface area contributed by atoms with Crippen molar-refractivity contribution >= 4 is 5.69 Å². The van der Waals surface area contributed by atoms with E-state index in [4.69, 9.17) is 0 Å². The number of nitrogens with zero attached hydrogens (tertiary/aromatic N) is 2. The highest BCUT2D eigenvalue weighted by Crippen LogP contribution is 2.34. The summed E-state index contributed by atoms with van der Waals surface area (Å²) in [5.74, 6) is -6.04. The number of anilines is 1. The minimum atomic E-state index is -1.60. The van der Waals surface area contributed by atoms with Gasteiger partial charge in [-0.05, 0) is 24.7 Å². The maximum absolute atomic E-state index is 13.7. The molecule has 2 nitrogen and oxygen atoms in total. The molecule has 1 aliphatic heterocycles. The van der Waals surface area contributed by atoms with E-state index in [2.05, 4.69) is 18.8 Å². The highest BCUT2D eigenvalue weighted by Gasteiger charge is 2.29. The molecule has 0 amide bonds. The van der Waals surface area contributed by atoms with Gasteiger partial charge in [0.05, 0.1) is 0 Å². The molecule has 19 heavy (non-hydrogen) atoms. The Bertz CT molecular complexity index is 462. The Kier molecular flexibility index (Phi) is 3.69. The summed E-state index contributed by atoms with van der Waals surface area (Å²) in [7, 11) is 0. The second kappa shape index (κ2) is 4.98. The monoisotopic (exact) mass is 276 g/mol. The van der Waals surface area contributed by atoms with Gasteiger partial charge in [0.1, 0.15) is 5.69 Å². The number of hydrogen-bond acceptors (Lipinski definition) is 2. The third-order valence-corrected chi connectivity index (χ3v) is 3.63. The molecule has 2 heterocycles. The molecule has 1 saturated heterocycles. The van der Waals surface area contributed by atoms with Gasteiger partial charge in [-0.3, -0.25) is 0 Å². The molecule has 1 aromatic heterocycles. The first-order chi connectivity index (χ1) is 8.82. The van der Waals surface area contributed by atoms with Crippen molar-refractivity contribution in [1.82, 2.24) is 4.98 Å². The van der Waals surface area contributed by atoms with Crippen molar-refractivity contribution in [1.29, 1.82) is 0 Å². The van der Waals surface area contributed by atoms with Crippen molar-refractivity contribution in [2.45, 2.75) is 33.1 Å². The van der Waals surface area contributed by atoms with Gasteiger partial charge in [-0.1, -0.05) is 13.8 Å². The van der Waals surface area contributed by atoms with Crippen molar-refractivity contribution in [3.05, 3.63) is 23.5 Å². The third-order valence-electron chi connectivity index (χ3n) is 3.63. The summed E-state index contributed by atoms with van der Waals surface area (Å²) in [5.41, 5.74) is -0.575. The zero-order valence-corrected chi connectivity index (χ0v) is 10.9. The number of halogens is 4. The lowest BCUT2D eigenvalue weighted by atomic mass is 9.85. The van der Waals surface area contributed by atoms with E-state index >= 15 is 0 Å². The predicted molar refractivity (Wildman–Crippen MR) is 63.9 cm³/mol. The van der Waals surface area contributed by atoms with E-state index in [1.165, 1.54) is 4.90 Å².